The number of pyridine rings is 3. The predicted octanol–water partition coefficient (Wildman–Crippen LogP) is 7.37. The van der Waals surface area contributed by atoms with E-state index in [9.17, 15) is 64.4 Å². The number of aliphatic carboxylic acids is 1. The van der Waals surface area contributed by atoms with Gasteiger partial charge in [-0.1, -0.05) is 6.92 Å². The summed E-state index contributed by atoms with van der Waals surface area (Å²) < 4.78 is 142. The number of ether oxygens (including phenoxy) is 3. The van der Waals surface area contributed by atoms with E-state index < -0.39 is 87.1 Å². The number of rotatable bonds is 28. The fraction of sp³-hybridized carbons (Fsp3) is 0.390. The van der Waals surface area contributed by atoms with Crippen LogP contribution in [0.3, 0.4) is 0 Å². The average Bonchev–Trinajstić information content (AvgIpc) is 1.65. The van der Waals surface area contributed by atoms with Gasteiger partial charge < -0.3 is 54.8 Å². The molecule has 4 unspecified atom stereocenters. The second kappa shape index (κ2) is 48.5. The number of phosphoric acid groups is 2. The van der Waals surface area contributed by atoms with Crippen molar-refractivity contribution < 1.29 is 193 Å². The van der Waals surface area contributed by atoms with Crippen LogP contribution in [0.4, 0.5) is 43.4 Å². The van der Waals surface area contributed by atoms with Crippen molar-refractivity contribution in [2.45, 2.75) is 174 Å². The molecule has 3 aliphatic rings. The maximum atomic E-state index is 14.7. The molecule has 129 heavy (non-hydrogen) atoms. The van der Waals surface area contributed by atoms with Crippen LogP contribution < -0.4 is 107 Å². The molecule has 12 aromatic heterocycles. The number of H-pyrrole nitrogens is 1. The first-order chi connectivity index (χ1) is 60.7. The maximum absolute atomic E-state index is 14.7. The number of hydrogen-bond donors (Lipinski definition) is 7. The van der Waals surface area contributed by atoms with Gasteiger partial charge in [-0.3, -0.25) is 56.5 Å². The van der Waals surface area contributed by atoms with E-state index in [0.717, 1.165) is 142 Å². The fourth-order valence-corrected chi connectivity index (χ4v) is 17.0. The zero-order valence-corrected chi connectivity index (χ0v) is 79.6. The van der Waals surface area contributed by atoms with E-state index in [1.54, 1.807) is 57.3 Å². The van der Waals surface area contributed by atoms with Crippen LogP contribution in [0.2, 0.25) is 0 Å². The van der Waals surface area contributed by atoms with Crippen molar-refractivity contribution in [1.82, 2.24) is 89.0 Å². The normalized spacial score (nSPS) is 17.9. The van der Waals surface area contributed by atoms with Crippen LogP contribution in [0.15, 0.2) is 108 Å². The zero-order chi connectivity index (χ0) is 91.4. The minimum Gasteiger partial charge on any atom is -0.756 e. The number of nitrogens with one attached hydrogen (secondary N) is 4. The number of thiazole rings is 3. The van der Waals surface area contributed by atoms with Crippen molar-refractivity contribution in [3.05, 3.63) is 161 Å². The Morgan fingerprint density at radius 3 is 1.05 bits per heavy atom. The Labute approximate surface area is 807 Å². The van der Waals surface area contributed by atoms with Gasteiger partial charge in [0.15, 0.2) is 29.9 Å². The third kappa shape index (κ3) is 29.1. The van der Waals surface area contributed by atoms with E-state index in [4.69, 9.17) is 38.7 Å². The number of aromatic amines is 1. The molecule has 3 saturated carbocycles. The Bertz CT molecular complexity index is 5650. The van der Waals surface area contributed by atoms with Gasteiger partial charge in [0.2, 0.25) is 17.8 Å². The molecule has 12 aromatic rings. The summed E-state index contributed by atoms with van der Waals surface area (Å²) in [5, 5.41) is 50.1. The molecule has 0 aromatic carbocycles. The number of carboxylic acid groups (broad SMARTS) is 1. The molecule has 3 aliphatic carbocycles. The van der Waals surface area contributed by atoms with Crippen LogP contribution in [0.5, 0.6) is 0 Å². The van der Waals surface area contributed by atoms with Gasteiger partial charge in [0, 0.05) is 96.3 Å². The van der Waals surface area contributed by atoms with Crippen molar-refractivity contribution in [2.75, 3.05) is 35.8 Å². The Balaban J connectivity index is 0.000000208. The molecule has 0 aliphatic heterocycles. The third-order valence-corrected chi connectivity index (χ3v) is 23.4. The number of carbonyl (C=O) groups excluding carboxylic acids is 5. The number of anilines is 3. The van der Waals surface area contributed by atoms with Crippen molar-refractivity contribution in [2.24, 2.45) is 0 Å². The molecular weight excluding hydrogens is 1840 g/mol. The van der Waals surface area contributed by atoms with Crippen LogP contribution in [0, 0.1) is 35.3 Å². The van der Waals surface area contributed by atoms with Crippen molar-refractivity contribution in [1.29, 1.82) is 0 Å². The Morgan fingerprint density at radius 1 is 0.496 bits per heavy atom. The quantitative estimate of drug-likeness (QED) is 0.0109. The van der Waals surface area contributed by atoms with Gasteiger partial charge in [-0.05, 0) is 148 Å². The van der Waals surface area contributed by atoms with Crippen LogP contribution in [-0.4, -0.2) is 172 Å². The summed E-state index contributed by atoms with van der Waals surface area (Å²) >= 11 is 3.56. The minimum absolute atomic E-state index is 0. The van der Waals surface area contributed by atoms with Gasteiger partial charge >= 0.3 is 93.1 Å². The van der Waals surface area contributed by atoms with Crippen molar-refractivity contribution >= 4 is 96.6 Å². The topological polar surface area (TPSA) is 521 Å². The molecule has 4 atom stereocenters. The van der Waals surface area contributed by atoms with Gasteiger partial charge in [0.1, 0.15) is 66.3 Å². The Kier molecular flexibility index (Phi) is 39.1. The molecule has 0 spiro atoms. The summed E-state index contributed by atoms with van der Waals surface area (Å²) in [6, 6.07) is 5.62. The number of hydrogen-bond acceptors (Lipinski definition) is 30. The number of carbonyl (C=O) groups is 4. The van der Waals surface area contributed by atoms with Crippen LogP contribution >= 0.6 is 49.7 Å². The number of nitrogens with zero attached hydrogens (tertiary/aromatic N) is 17. The summed E-state index contributed by atoms with van der Waals surface area (Å²) in [5.74, 6) is -7.42. The summed E-state index contributed by atoms with van der Waals surface area (Å²) in [6.45, 7) is 12.1. The second-order valence-electron chi connectivity index (χ2n) is 28.2. The zero-order valence-electron chi connectivity index (χ0n) is 70.3. The molecule has 15 rings (SSSR count). The van der Waals surface area contributed by atoms with Gasteiger partial charge in [0.05, 0.1) is 72.1 Å². The molecule has 12 heterocycles. The van der Waals surface area contributed by atoms with Gasteiger partial charge in [-0.25, -0.2) is 52.4 Å². The molecule has 3 fully saturated rings. The van der Waals surface area contributed by atoms with E-state index in [2.05, 4.69) is 90.6 Å². The first-order valence-electron chi connectivity index (χ1n) is 39.3. The number of phosphoric ester groups is 2. The minimum atomic E-state index is -4.98. The molecule has 0 radical (unpaired) electrons. The molecule has 676 valence electrons. The fourth-order valence-electron chi connectivity index (χ4n) is 13.7. The van der Waals surface area contributed by atoms with Crippen LogP contribution in [0.25, 0.3) is 65.9 Å². The summed E-state index contributed by atoms with van der Waals surface area (Å²) in [5.41, 5.74) is 1.58. The summed E-state index contributed by atoms with van der Waals surface area (Å²) in [6.07, 6.45) is 22.3. The van der Waals surface area contributed by atoms with Crippen molar-refractivity contribution in [3.8, 4) is 65.9 Å². The Morgan fingerprint density at radius 2 is 0.791 bits per heavy atom. The average molecular weight is 1920 g/mol. The smallest absolute Gasteiger partial charge is 0.756 e. The van der Waals surface area contributed by atoms with E-state index in [1.807, 2.05) is 20.8 Å². The molecule has 0 bridgehead atoms. The largest absolute Gasteiger partial charge is 1.00 e. The van der Waals surface area contributed by atoms with Crippen molar-refractivity contribution in [3.63, 3.8) is 0 Å². The van der Waals surface area contributed by atoms with E-state index in [1.165, 1.54) is 70.1 Å². The molecule has 52 heteroatoms. The molecule has 3 amide bonds. The summed E-state index contributed by atoms with van der Waals surface area (Å²) in [7, 11) is -9.95. The predicted molar refractivity (Wildman–Crippen MR) is 439 cm³/mol. The van der Waals surface area contributed by atoms with Crippen LogP contribution in [0.1, 0.15) is 187 Å². The molecule has 0 saturated heterocycles. The summed E-state index contributed by atoms with van der Waals surface area (Å²) in [4.78, 5) is 129. The number of halogens is 6. The van der Waals surface area contributed by atoms with Gasteiger partial charge in [0.25, 0.3) is 33.4 Å². The molecule has 7 N–H and O–H groups in total. The first-order valence-corrected chi connectivity index (χ1v) is 45.0. The number of amides is 3. The number of aromatic nitrogens is 18. The monoisotopic (exact) mass is 1920 g/mol. The molecular formula is C77H83F6KN21NaO18P2S3. The van der Waals surface area contributed by atoms with E-state index in [0.29, 0.717) is 46.0 Å². The van der Waals surface area contributed by atoms with Gasteiger partial charge in [-0.2, -0.15) is 53.4 Å². The molecule has 39 nitrogen and oxygen atoms in total. The maximum Gasteiger partial charge on any atom is 1.00 e. The Hall–Kier alpha value is -8.82. The second-order valence-corrected chi connectivity index (χ2v) is 33.1. The standard InChI is InChI=1S/2C25H28F2N7O6PS.C23H23F2N7O2S.C3H6O2.CO2.K.Na/c2*1-3-39-17-6-4-16(5-7-17)34-12-19(23(32-34)22-18(26)8-9-21(27)31-22)29-24(35)20-13-42-25(30-20)15-10-28-33(11-15)14(2)40-41(36,37)38;1-2-34-15-5-3-14(4-6-15)32-11-17(21(31-32)20-16(24)7-8-19(25)30-20)28-22(33)18-12-35-23(29-18)13-9-26-27-10-13;1-2-3(4)5;2-1-3;;/h2*8-14,16-17H,3-7H2,1-2H3,(H,29,35)(H2,36,37,38);7-12,14-15H,2-6H2,1H3,(H,26,27)(H,28,33);2H2,1H3,(H,4,5);;;/q;;;;;2*+1/p-2. The third-order valence-electron chi connectivity index (χ3n) is 19.6. The first kappa shape index (κ1) is 104. The number of carboxylic acids is 1. The SMILES string of the molecule is CCC(=O)O.CCOC1CCC(n2cc(NC(=O)c3csc(-c4cn[nH]c4)n3)c(-c3nc(F)ccc3F)n2)CC1.CCOC1CCC(n2cc(NC(=O)c3csc(-c4cnn(C(C)OP(=O)([O-])O)c4)n3)c(-c3nc(F)ccc3F)n2)CC1.CCOC1CCC(n2cc(NC(=O)c3csc(-c4cnn(C(C)OP(=O)([O-])O)c4)n3)c(-c3nc(F)ccc3F)n2)CC1.O=C=O.[K+].[Na+]. The van der Waals surface area contributed by atoms with Gasteiger partial charge in [-0.15, -0.1) is 34.0 Å². The van der Waals surface area contributed by atoms with E-state index >= 15 is 0 Å². The van der Waals surface area contributed by atoms with E-state index in [-0.39, 0.29) is 198 Å². The van der Waals surface area contributed by atoms with Crippen LogP contribution in [-0.2, 0) is 46.8 Å².